The van der Waals surface area contributed by atoms with Crippen molar-refractivity contribution in [3.63, 3.8) is 0 Å². The normalized spacial score (nSPS) is 18.0. The third-order valence-corrected chi connectivity index (χ3v) is 5.51. The highest BCUT2D eigenvalue weighted by atomic mass is 35.5. The maximum Gasteiger partial charge on any atom is 0.225 e. The van der Waals surface area contributed by atoms with Crippen LogP contribution in [0.15, 0.2) is 36.7 Å². The number of anilines is 1. The van der Waals surface area contributed by atoms with Crippen LogP contribution in [0.3, 0.4) is 0 Å². The standard InChI is InChI=1S/C20H26N4O.ClH/c1-16-6-8-18(9-7-16)24-11-10-21-20(24)23-14-12-22(13-15-23)19(25)17-4-2-3-5-17;/h6-11,17H,2-5,12-15H2,1H3;1H. The molecular weight excluding hydrogens is 348 g/mol. The lowest BCUT2D eigenvalue weighted by molar-refractivity contribution is -0.135. The average Bonchev–Trinajstić information content (AvgIpc) is 3.34. The minimum absolute atomic E-state index is 0. The van der Waals surface area contributed by atoms with Crippen molar-refractivity contribution in [2.45, 2.75) is 32.6 Å². The number of carbonyl (C=O) groups is 1. The summed E-state index contributed by atoms with van der Waals surface area (Å²) in [6, 6.07) is 8.50. The van der Waals surface area contributed by atoms with Gasteiger partial charge in [0.25, 0.3) is 0 Å². The Hall–Kier alpha value is -2.01. The molecule has 2 aromatic rings. The fraction of sp³-hybridized carbons (Fsp3) is 0.500. The van der Waals surface area contributed by atoms with Crippen LogP contribution in [-0.2, 0) is 4.79 Å². The van der Waals surface area contributed by atoms with Crippen LogP contribution < -0.4 is 4.90 Å². The maximum absolute atomic E-state index is 12.6. The second-order valence-electron chi connectivity index (χ2n) is 7.23. The first-order chi connectivity index (χ1) is 12.2. The number of amides is 1. The van der Waals surface area contributed by atoms with E-state index < -0.39 is 0 Å². The van der Waals surface area contributed by atoms with Crippen molar-refractivity contribution < 1.29 is 4.79 Å². The number of rotatable bonds is 3. The first-order valence-electron chi connectivity index (χ1n) is 9.36. The molecule has 1 aromatic carbocycles. The zero-order chi connectivity index (χ0) is 17.2. The molecule has 1 saturated carbocycles. The summed E-state index contributed by atoms with van der Waals surface area (Å²) in [6.07, 6.45) is 8.45. The molecule has 2 heterocycles. The molecule has 1 amide bonds. The first-order valence-corrected chi connectivity index (χ1v) is 9.36. The van der Waals surface area contributed by atoms with E-state index in [1.807, 2.05) is 12.4 Å². The van der Waals surface area contributed by atoms with E-state index in [1.54, 1.807) is 0 Å². The molecule has 1 aromatic heterocycles. The summed E-state index contributed by atoms with van der Waals surface area (Å²) in [6.45, 7) is 5.40. The quantitative estimate of drug-likeness (QED) is 0.826. The number of hydrogen-bond acceptors (Lipinski definition) is 3. The smallest absolute Gasteiger partial charge is 0.225 e. The monoisotopic (exact) mass is 374 g/mol. The summed E-state index contributed by atoms with van der Waals surface area (Å²) < 4.78 is 2.13. The Kier molecular flexibility index (Phi) is 5.87. The van der Waals surface area contributed by atoms with Crippen molar-refractivity contribution in [1.82, 2.24) is 14.5 Å². The predicted octanol–water partition coefficient (Wildman–Crippen LogP) is 3.44. The molecule has 2 fully saturated rings. The van der Waals surface area contributed by atoms with E-state index in [4.69, 9.17) is 0 Å². The number of piperazine rings is 1. The molecule has 1 aliphatic heterocycles. The average molecular weight is 375 g/mol. The summed E-state index contributed by atoms with van der Waals surface area (Å²) >= 11 is 0. The Bertz CT molecular complexity index is 729. The number of halogens is 1. The summed E-state index contributed by atoms with van der Waals surface area (Å²) in [7, 11) is 0. The van der Waals surface area contributed by atoms with Crippen LogP contribution >= 0.6 is 12.4 Å². The van der Waals surface area contributed by atoms with E-state index in [2.05, 4.69) is 50.5 Å². The van der Waals surface area contributed by atoms with Crippen LogP contribution in [0.1, 0.15) is 31.2 Å². The summed E-state index contributed by atoms with van der Waals surface area (Å²) in [5, 5.41) is 0. The van der Waals surface area contributed by atoms with Crippen LogP contribution in [-0.4, -0.2) is 46.5 Å². The van der Waals surface area contributed by atoms with Gasteiger partial charge in [-0.1, -0.05) is 30.5 Å². The molecule has 0 bridgehead atoms. The predicted molar refractivity (Wildman–Crippen MR) is 106 cm³/mol. The van der Waals surface area contributed by atoms with Crippen molar-refractivity contribution in [2.24, 2.45) is 5.92 Å². The highest BCUT2D eigenvalue weighted by molar-refractivity contribution is 5.85. The number of imidazole rings is 1. The topological polar surface area (TPSA) is 41.4 Å². The van der Waals surface area contributed by atoms with E-state index in [0.717, 1.165) is 50.7 Å². The molecule has 6 heteroatoms. The van der Waals surface area contributed by atoms with Gasteiger partial charge in [-0.05, 0) is 31.9 Å². The van der Waals surface area contributed by atoms with Gasteiger partial charge in [-0.2, -0.15) is 0 Å². The Morgan fingerprint density at radius 2 is 1.69 bits per heavy atom. The summed E-state index contributed by atoms with van der Waals surface area (Å²) in [5.41, 5.74) is 2.38. The van der Waals surface area contributed by atoms with E-state index in [0.29, 0.717) is 5.91 Å². The molecule has 0 radical (unpaired) electrons. The molecule has 1 saturated heterocycles. The van der Waals surface area contributed by atoms with Gasteiger partial charge in [0.15, 0.2) is 0 Å². The van der Waals surface area contributed by atoms with Crippen molar-refractivity contribution in [3.05, 3.63) is 42.2 Å². The molecule has 2 aliphatic rings. The first kappa shape index (κ1) is 18.8. The van der Waals surface area contributed by atoms with Crippen LogP contribution in [0.2, 0.25) is 0 Å². The lowest BCUT2D eigenvalue weighted by Gasteiger charge is -2.36. The Labute approximate surface area is 161 Å². The van der Waals surface area contributed by atoms with Crippen molar-refractivity contribution in [3.8, 4) is 5.69 Å². The highest BCUT2D eigenvalue weighted by Gasteiger charge is 2.30. The molecule has 0 spiro atoms. The summed E-state index contributed by atoms with van der Waals surface area (Å²) in [5.74, 6) is 1.62. The van der Waals surface area contributed by atoms with E-state index in [9.17, 15) is 4.79 Å². The molecule has 0 unspecified atom stereocenters. The Morgan fingerprint density at radius 1 is 1.04 bits per heavy atom. The maximum atomic E-state index is 12.6. The minimum Gasteiger partial charge on any atom is -0.339 e. The molecule has 0 N–H and O–H groups in total. The SMILES string of the molecule is Cc1ccc(-n2ccnc2N2CCN(C(=O)C3CCCC3)CC2)cc1.Cl. The van der Waals surface area contributed by atoms with Crippen LogP contribution in [0, 0.1) is 12.8 Å². The van der Waals surface area contributed by atoms with Gasteiger partial charge in [-0.15, -0.1) is 12.4 Å². The number of hydrogen-bond donors (Lipinski definition) is 0. The molecule has 0 atom stereocenters. The lowest BCUT2D eigenvalue weighted by atomic mass is 10.1. The van der Waals surface area contributed by atoms with Gasteiger partial charge in [0.1, 0.15) is 0 Å². The number of aromatic nitrogens is 2. The zero-order valence-electron chi connectivity index (χ0n) is 15.3. The molecule has 140 valence electrons. The van der Waals surface area contributed by atoms with Crippen molar-refractivity contribution >= 4 is 24.3 Å². The van der Waals surface area contributed by atoms with Gasteiger partial charge in [0.05, 0.1) is 0 Å². The van der Waals surface area contributed by atoms with E-state index in [-0.39, 0.29) is 18.3 Å². The Morgan fingerprint density at radius 3 is 2.35 bits per heavy atom. The minimum atomic E-state index is 0. The van der Waals surface area contributed by atoms with Gasteiger partial charge in [0.2, 0.25) is 11.9 Å². The molecular formula is C20H27ClN4O. The summed E-state index contributed by atoms with van der Waals surface area (Å²) in [4.78, 5) is 21.5. The van der Waals surface area contributed by atoms with Gasteiger partial charge in [-0.3, -0.25) is 9.36 Å². The van der Waals surface area contributed by atoms with Gasteiger partial charge < -0.3 is 9.80 Å². The van der Waals surface area contributed by atoms with E-state index in [1.165, 1.54) is 18.4 Å². The third kappa shape index (κ3) is 3.73. The largest absolute Gasteiger partial charge is 0.339 e. The lowest BCUT2D eigenvalue weighted by Crippen LogP contribution is -2.50. The molecule has 4 rings (SSSR count). The van der Waals surface area contributed by atoms with Crippen LogP contribution in [0.25, 0.3) is 5.69 Å². The second kappa shape index (κ2) is 8.12. The van der Waals surface area contributed by atoms with Crippen molar-refractivity contribution in [2.75, 3.05) is 31.1 Å². The van der Waals surface area contributed by atoms with Gasteiger partial charge in [-0.25, -0.2) is 4.98 Å². The zero-order valence-corrected chi connectivity index (χ0v) is 16.1. The number of aryl methyl sites for hydroxylation is 1. The fourth-order valence-corrected chi connectivity index (χ4v) is 3.99. The molecule has 5 nitrogen and oxygen atoms in total. The highest BCUT2D eigenvalue weighted by Crippen LogP contribution is 2.27. The Balaban J connectivity index is 0.00000196. The number of carbonyl (C=O) groups excluding carboxylic acids is 1. The van der Waals surface area contributed by atoms with Crippen LogP contribution in [0.5, 0.6) is 0 Å². The second-order valence-corrected chi connectivity index (χ2v) is 7.23. The number of nitrogens with zero attached hydrogens (tertiary/aromatic N) is 4. The van der Waals surface area contributed by atoms with E-state index >= 15 is 0 Å². The molecule has 26 heavy (non-hydrogen) atoms. The number of benzene rings is 1. The van der Waals surface area contributed by atoms with Gasteiger partial charge >= 0.3 is 0 Å². The van der Waals surface area contributed by atoms with Crippen molar-refractivity contribution in [1.29, 1.82) is 0 Å². The van der Waals surface area contributed by atoms with Crippen LogP contribution in [0.4, 0.5) is 5.95 Å². The van der Waals surface area contributed by atoms with Gasteiger partial charge in [0, 0.05) is 50.2 Å². The third-order valence-electron chi connectivity index (χ3n) is 5.51. The molecule has 1 aliphatic carbocycles. The fourth-order valence-electron chi connectivity index (χ4n) is 3.99.